The lowest BCUT2D eigenvalue weighted by atomic mass is 9.74. The van der Waals surface area contributed by atoms with Crippen LogP contribution in [0.2, 0.25) is 0 Å². The summed E-state index contributed by atoms with van der Waals surface area (Å²) in [5.41, 5.74) is 3.70. The first-order valence-electron chi connectivity index (χ1n) is 11.9. The smallest absolute Gasteiger partial charge is 0.244 e. The van der Waals surface area contributed by atoms with E-state index in [-0.39, 0.29) is 5.91 Å². The van der Waals surface area contributed by atoms with E-state index in [0.29, 0.717) is 0 Å². The van der Waals surface area contributed by atoms with E-state index in [2.05, 4.69) is 67.4 Å². The van der Waals surface area contributed by atoms with Crippen molar-refractivity contribution in [1.82, 2.24) is 5.32 Å². The molecule has 0 heterocycles. The summed E-state index contributed by atoms with van der Waals surface area (Å²) in [5, 5.41) is 3.33. The van der Waals surface area contributed by atoms with E-state index in [1.54, 1.807) is 0 Å². The second-order valence-corrected chi connectivity index (χ2v) is 8.35. The summed E-state index contributed by atoms with van der Waals surface area (Å²) in [6.07, 6.45) is 9.91. The van der Waals surface area contributed by atoms with Crippen LogP contribution in [0.5, 0.6) is 0 Å². The van der Waals surface area contributed by atoms with Crippen molar-refractivity contribution in [2.45, 2.75) is 57.4 Å². The highest BCUT2D eigenvalue weighted by Gasteiger charge is 2.38. The number of unbranched alkanes of at least 4 members (excludes halogenated alkanes) is 5. The first-order valence-corrected chi connectivity index (χ1v) is 11.9. The van der Waals surface area contributed by atoms with Crippen molar-refractivity contribution >= 4 is 5.91 Å². The predicted octanol–water partition coefficient (Wildman–Crippen LogP) is 7.18. The Morgan fingerprint density at radius 1 is 0.781 bits per heavy atom. The van der Waals surface area contributed by atoms with E-state index in [4.69, 9.17) is 0 Å². The molecule has 0 aliphatic carbocycles. The Hall–Kier alpha value is -3.13. The summed E-state index contributed by atoms with van der Waals surface area (Å²) in [6.45, 7) is 5.97. The number of benzene rings is 3. The minimum atomic E-state index is -0.785. The van der Waals surface area contributed by atoms with Crippen LogP contribution in [0, 0.1) is 0 Å². The average Bonchev–Trinajstić information content (AvgIpc) is 2.86. The molecule has 0 bridgehead atoms. The molecule has 0 aromatic heterocycles. The van der Waals surface area contributed by atoms with Gasteiger partial charge in [0, 0.05) is 0 Å². The zero-order chi connectivity index (χ0) is 22.7. The van der Waals surface area contributed by atoms with Gasteiger partial charge in [-0.05, 0) is 41.2 Å². The number of carbonyl (C=O) groups is 1. The van der Waals surface area contributed by atoms with Gasteiger partial charge in [-0.3, -0.25) is 4.79 Å². The normalized spacial score (nSPS) is 11.2. The standard InChI is InChI=1S/C30H35NO/c1-3-5-6-7-8-11-18-25-19-16-17-24-28(25)30(31-29(32)4-2,26-20-12-9-13-21-26)27-22-14-10-15-23-27/h4,9-10,12-17,19-24H,2-3,5-8,11,18H2,1H3,(H,31,32). The first kappa shape index (κ1) is 23.5. The van der Waals surface area contributed by atoms with Gasteiger partial charge in [0.1, 0.15) is 5.54 Å². The summed E-state index contributed by atoms with van der Waals surface area (Å²) in [7, 11) is 0. The van der Waals surface area contributed by atoms with Gasteiger partial charge in [0.25, 0.3) is 0 Å². The van der Waals surface area contributed by atoms with Gasteiger partial charge in [-0.25, -0.2) is 0 Å². The Labute approximate surface area is 193 Å². The maximum atomic E-state index is 12.8. The van der Waals surface area contributed by atoms with Gasteiger partial charge in [-0.1, -0.05) is 131 Å². The molecule has 0 spiro atoms. The fourth-order valence-corrected chi connectivity index (χ4v) is 4.50. The summed E-state index contributed by atoms with van der Waals surface area (Å²) in [6, 6.07) is 29.1. The molecular formula is C30H35NO. The minimum Gasteiger partial charge on any atom is -0.335 e. The van der Waals surface area contributed by atoms with Crippen molar-refractivity contribution < 1.29 is 4.79 Å². The van der Waals surface area contributed by atoms with Crippen LogP contribution in [0.4, 0.5) is 0 Å². The van der Waals surface area contributed by atoms with Crippen LogP contribution in [0.1, 0.15) is 67.7 Å². The largest absolute Gasteiger partial charge is 0.335 e. The molecule has 2 heteroatoms. The third-order valence-corrected chi connectivity index (χ3v) is 6.13. The van der Waals surface area contributed by atoms with Gasteiger partial charge in [-0.15, -0.1) is 0 Å². The number of carbonyl (C=O) groups excluding carboxylic acids is 1. The van der Waals surface area contributed by atoms with Gasteiger partial charge in [0.15, 0.2) is 0 Å². The summed E-state index contributed by atoms with van der Waals surface area (Å²) in [4.78, 5) is 12.8. The molecule has 3 aromatic carbocycles. The van der Waals surface area contributed by atoms with Crippen molar-refractivity contribution in [3.8, 4) is 0 Å². The number of hydrogen-bond donors (Lipinski definition) is 1. The molecule has 166 valence electrons. The monoisotopic (exact) mass is 425 g/mol. The van der Waals surface area contributed by atoms with Crippen molar-refractivity contribution in [2.24, 2.45) is 0 Å². The highest BCUT2D eigenvalue weighted by atomic mass is 16.1. The number of nitrogens with one attached hydrogen (secondary N) is 1. The molecule has 0 fully saturated rings. The third-order valence-electron chi connectivity index (χ3n) is 6.13. The Kier molecular flexibility index (Phi) is 8.86. The van der Waals surface area contributed by atoms with E-state index in [1.807, 2.05) is 36.4 Å². The summed E-state index contributed by atoms with van der Waals surface area (Å²) in [5.74, 6) is -0.188. The Bertz CT molecular complexity index is 938. The first-order chi connectivity index (χ1) is 15.7. The van der Waals surface area contributed by atoms with Gasteiger partial charge < -0.3 is 5.32 Å². The minimum absolute atomic E-state index is 0.188. The molecule has 2 nitrogen and oxygen atoms in total. The van der Waals surface area contributed by atoms with Crippen LogP contribution in [-0.2, 0) is 16.8 Å². The maximum Gasteiger partial charge on any atom is 0.244 e. The maximum absolute atomic E-state index is 12.8. The van der Waals surface area contributed by atoms with E-state index in [1.165, 1.54) is 43.7 Å². The molecule has 0 saturated carbocycles. The summed E-state index contributed by atoms with van der Waals surface area (Å²) < 4.78 is 0. The van der Waals surface area contributed by atoms with Gasteiger partial charge in [-0.2, -0.15) is 0 Å². The van der Waals surface area contributed by atoms with Gasteiger partial charge >= 0.3 is 0 Å². The third kappa shape index (κ3) is 5.56. The lowest BCUT2D eigenvalue weighted by Crippen LogP contribution is -2.47. The molecule has 0 saturated heterocycles. The molecule has 32 heavy (non-hydrogen) atoms. The molecule has 0 radical (unpaired) electrons. The van der Waals surface area contributed by atoms with Crippen molar-refractivity contribution in [1.29, 1.82) is 0 Å². The van der Waals surface area contributed by atoms with Crippen LogP contribution in [0.25, 0.3) is 0 Å². The zero-order valence-corrected chi connectivity index (χ0v) is 19.2. The lowest BCUT2D eigenvalue weighted by Gasteiger charge is -2.38. The van der Waals surface area contributed by atoms with Crippen LogP contribution >= 0.6 is 0 Å². The van der Waals surface area contributed by atoms with E-state index >= 15 is 0 Å². The Balaban J connectivity index is 2.08. The quantitative estimate of drug-likeness (QED) is 0.186. The SMILES string of the molecule is C=CC(=O)NC(c1ccccc1)(c1ccccc1)c1ccccc1CCCCCCCC. The fourth-order valence-electron chi connectivity index (χ4n) is 4.50. The van der Waals surface area contributed by atoms with Gasteiger partial charge in [0.2, 0.25) is 5.91 Å². The average molecular weight is 426 g/mol. The molecule has 3 rings (SSSR count). The number of hydrogen-bond acceptors (Lipinski definition) is 1. The lowest BCUT2D eigenvalue weighted by molar-refractivity contribution is -0.117. The highest BCUT2D eigenvalue weighted by molar-refractivity contribution is 5.89. The molecule has 0 aliphatic heterocycles. The fraction of sp³-hybridized carbons (Fsp3) is 0.300. The predicted molar refractivity (Wildman–Crippen MR) is 135 cm³/mol. The Morgan fingerprint density at radius 2 is 1.31 bits per heavy atom. The second-order valence-electron chi connectivity index (χ2n) is 8.35. The van der Waals surface area contributed by atoms with Crippen LogP contribution in [-0.4, -0.2) is 5.91 Å². The van der Waals surface area contributed by atoms with E-state index < -0.39 is 5.54 Å². The van der Waals surface area contributed by atoms with Crippen LogP contribution in [0.15, 0.2) is 97.6 Å². The van der Waals surface area contributed by atoms with Crippen molar-refractivity contribution in [3.63, 3.8) is 0 Å². The number of aryl methyl sites for hydroxylation is 1. The molecule has 0 atom stereocenters. The molecule has 3 aromatic rings. The topological polar surface area (TPSA) is 29.1 Å². The molecule has 1 amide bonds. The second kappa shape index (κ2) is 12.0. The molecule has 0 aliphatic rings. The molecular weight excluding hydrogens is 390 g/mol. The Morgan fingerprint density at radius 3 is 1.91 bits per heavy atom. The van der Waals surface area contributed by atoms with E-state index in [9.17, 15) is 4.79 Å². The van der Waals surface area contributed by atoms with Gasteiger partial charge in [0.05, 0.1) is 0 Å². The zero-order valence-electron chi connectivity index (χ0n) is 19.2. The van der Waals surface area contributed by atoms with Crippen LogP contribution < -0.4 is 5.32 Å². The van der Waals surface area contributed by atoms with E-state index in [0.717, 1.165) is 29.5 Å². The summed E-state index contributed by atoms with van der Waals surface area (Å²) >= 11 is 0. The molecule has 0 unspecified atom stereocenters. The number of amides is 1. The number of rotatable bonds is 12. The highest BCUT2D eigenvalue weighted by Crippen LogP contribution is 2.39. The molecule has 1 N–H and O–H groups in total. The van der Waals surface area contributed by atoms with Crippen LogP contribution in [0.3, 0.4) is 0 Å². The van der Waals surface area contributed by atoms with Crippen molar-refractivity contribution in [3.05, 3.63) is 120 Å². The van der Waals surface area contributed by atoms with Crippen molar-refractivity contribution in [2.75, 3.05) is 0 Å².